The first-order chi connectivity index (χ1) is 8.74. The Labute approximate surface area is 114 Å². The molecule has 0 spiro atoms. The molecule has 1 aromatic carbocycles. The van der Waals surface area contributed by atoms with Crippen LogP contribution in [-0.2, 0) is 0 Å². The maximum absolute atomic E-state index is 12.3. The highest BCUT2D eigenvalue weighted by molar-refractivity contribution is 7.13. The van der Waals surface area contributed by atoms with Gasteiger partial charge in [-0.25, -0.2) is 0 Å². The fourth-order valence-electron chi connectivity index (χ4n) is 1.68. The fraction of sp³-hybridized carbons (Fsp3) is 0.214. The Morgan fingerprint density at radius 2 is 2.17 bits per heavy atom. The molecule has 2 nitrogen and oxygen atoms in total. The molecule has 2 aromatic rings. The van der Waals surface area contributed by atoms with Crippen LogP contribution in [-0.4, -0.2) is 11.9 Å². The van der Waals surface area contributed by atoms with E-state index in [2.05, 4.69) is 0 Å². The lowest BCUT2D eigenvalue weighted by atomic mass is 10.1. The van der Waals surface area contributed by atoms with Gasteiger partial charge in [-0.1, -0.05) is 23.7 Å². The van der Waals surface area contributed by atoms with E-state index in [0.29, 0.717) is 21.6 Å². The Balaban J connectivity index is 1.87. The van der Waals surface area contributed by atoms with Gasteiger partial charge in [-0.3, -0.25) is 4.79 Å². The third-order valence-electron chi connectivity index (χ3n) is 2.75. The van der Waals surface area contributed by atoms with Crippen LogP contribution in [0, 0.1) is 0 Å². The molecule has 1 aromatic heterocycles. The molecule has 1 aliphatic rings. The van der Waals surface area contributed by atoms with Crippen molar-refractivity contribution in [1.29, 1.82) is 0 Å². The number of benzene rings is 1. The van der Waals surface area contributed by atoms with Crippen molar-refractivity contribution >= 4 is 28.7 Å². The molecule has 0 aliphatic heterocycles. The number of thiophene rings is 1. The molecule has 0 saturated heterocycles. The highest BCUT2D eigenvalue weighted by Crippen LogP contribution is 2.29. The fourth-order valence-corrected chi connectivity index (χ4v) is 2.78. The first-order valence-corrected chi connectivity index (χ1v) is 7.04. The Morgan fingerprint density at radius 1 is 1.33 bits per heavy atom. The molecule has 4 heteroatoms. The van der Waals surface area contributed by atoms with Crippen LogP contribution >= 0.6 is 22.9 Å². The van der Waals surface area contributed by atoms with Crippen molar-refractivity contribution in [2.24, 2.45) is 0 Å². The lowest BCUT2D eigenvalue weighted by Crippen LogP contribution is -2.01. The molecule has 3 rings (SSSR count). The van der Waals surface area contributed by atoms with Crippen LogP contribution < -0.4 is 4.74 Å². The largest absolute Gasteiger partial charge is 0.490 e. The molecule has 0 bridgehead atoms. The van der Waals surface area contributed by atoms with Gasteiger partial charge in [0.25, 0.3) is 0 Å². The van der Waals surface area contributed by atoms with E-state index in [1.165, 1.54) is 11.3 Å². The summed E-state index contributed by atoms with van der Waals surface area (Å²) < 4.78 is 5.68. The van der Waals surface area contributed by atoms with Crippen LogP contribution in [0.5, 0.6) is 5.75 Å². The number of hydrogen-bond acceptors (Lipinski definition) is 3. The molecule has 0 atom stereocenters. The molecule has 1 aliphatic carbocycles. The highest BCUT2D eigenvalue weighted by Gasteiger charge is 2.24. The van der Waals surface area contributed by atoms with Gasteiger partial charge in [-0.2, -0.15) is 0 Å². The number of ether oxygens (including phenoxy) is 1. The topological polar surface area (TPSA) is 26.3 Å². The van der Waals surface area contributed by atoms with Crippen molar-refractivity contribution in [1.82, 2.24) is 0 Å². The van der Waals surface area contributed by atoms with Crippen molar-refractivity contribution in [3.8, 4) is 5.75 Å². The van der Waals surface area contributed by atoms with E-state index in [0.717, 1.165) is 18.6 Å². The normalized spacial score (nSPS) is 14.5. The summed E-state index contributed by atoms with van der Waals surface area (Å²) in [4.78, 5) is 12.8. The van der Waals surface area contributed by atoms with Gasteiger partial charge in [-0.15, -0.1) is 11.3 Å². The molecule has 1 saturated carbocycles. The Morgan fingerprint density at radius 3 is 2.83 bits per heavy atom. The van der Waals surface area contributed by atoms with Crippen LogP contribution in [0.4, 0.5) is 0 Å². The van der Waals surface area contributed by atoms with E-state index in [-0.39, 0.29) is 5.78 Å². The summed E-state index contributed by atoms with van der Waals surface area (Å²) in [5, 5.41) is 2.33. The molecule has 1 heterocycles. The summed E-state index contributed by atoms with van der Waals surface area (Å²) in [7, 11) is 0. The van der Waals surface area contributed by atoms with Gasteiger partial charge in [0.05, 0.1) is 16.0 Å². The van der Waals surface area contributed by atoms with Crippen molar-refractivity contribution < 1.29 is 9.53 Å². The van der Waals surface area contributed by atoms with Crippen LogP contribution in [0.2, 0.25) is 5.02 Å². The number of hydrogen-bond donors (Lipinski definition) is 0. The Kier molecular flexibility index (Phi) is 3.10. The van der Waals surface area contributed by atoms with Crippen LogP contribution in [0.15, 0.2) is 35.7 Å². The summed E-state index contributed by atoms with van der Waals surface area (Å²) in [6, 6.07) is 9.04. The predicted molar refractivity (Wildman–Crippen MR) is 72.9 cm³/mol. The van der Waals surface area contributed by atoms with Gasteiger partial charge >= 0.3 is 0 Å². The second-order valence-electron chi connectivity index (χ2n) is 4.27. The second-order valence-corrected chi connectivity index (χ2v) is 5.60. The third-order valence-corrected chi connectivity index (χ3v) is 4.09. The molecular weight excluding hydrogens is 268 g/mol. The van der Waals surface area contributed by atoms with Crippen LogP contribution in [0.1, 0.15) is 28.1 Å². The summed E-state index contributed by atoms with van der Waals surface area (Å²) in [6.07, 6.45) is 2.55. The zero-order valence-corrected chi connectivity index (χ0v) is 11.1. The monoisotopic (exact) mass is 278 g/mol. The van der Waals surface area contributed by atoms with Gasteiger partial charge in [-0.05, 0) is 36.4 Å². The predicted octanol–water partition coefficient (Wildman–Crippen LogP) is 4.17. The van der Waals surface area contributed by atoms with Gasteiger partial charge in [0.2, 0.25) is 5.78 Å². The zero-order valence-electron chi connectivity index (χ0n) is 9.56. The van der Waals surface area contributed by atoms with E-state index in [4.69, 9.17) is 16.3 Å². The lowest BCUT2D eigenvalue weighted by Gasteiger charge is -2.06. The van der Waals surface area contributed by atoms with Gasteiger partial charge in [0, 0.05) is 5.56 Å². The zero-order chi connectivity index (χ0) is 12.5. The summed E-state index contributed by atoms with van der Waals surface area (Å²) in [5.41, 5.74) is 0.623. The van der Waals surface area contributed by atoms with Gasteiger partial charge in [0.1, 0.15) is 5.75 Å². The minimum absolute atomic E-state index is 0.0451. The number of rotatable bonds is 4. The number of ketones is 1. The third kappa shape index (κ3) is 2.42. The highest BCUT2D eigenvalue weighted by atomic mass is 35.5. The number of halogens is 1. The van der Waals surface area contributed by atoms with Crippen molar-refractivity contribution in [3.63, 3.8) is 0 Å². The second kappa shape index (κ2) is 4.75. The van der Waals surface area contributed by atoms with Crippen LogP contribution in [0.25, 0.3) is 0 Å². The van der Waals surface area contributed by atoms with E-state index in [1.54, 1.807) is 18.2 Å². The van der Waals surface area contributed by atoms with E-state index >= 15 is 0 Å². The number of carbonyl (C=O) groups excluding carboxylic acids is 1. The molecule has 92 valence electrons. The smallest absolute Gasteiger partial charge is 0.204 e. The van der Waals surface area contributed by atoms with Gasteiger partial charge < -0.3 is 4.74 Å². The van der Waals surface area contributed by atoms with Crippen molar-refractivity contribution in [2.45, 2.75) is 18.9 Å². The molecule has 0 unspecified atom stereocenters. The minimum atomic E-state index is -0.0451. The summed E-state index contributed by atoms with van der Waals surface area (Å²) in [5.74, 6) is 0.715. The molecule has 18 heavy (non-hydrogen) atoms. The Bertz CT molecular complexity index is 587. The minimum Gasteiger partial charge on any atom is -0.490 e. The Hall–Kier alpha value is -1.32. The summed E-state index contributed by atoms with van der Waals surface area (Å²) >= 11 is 7.34. The quantitative estimate of drug-likeness (QED) is 0.785. The van der Waals surface area contributed by atoms with E-state index < -0.39 is 0 Å². The maximum atomic E-state index is 12.3. The number of carbonyl (C=O) groups is 1. The average molecular weight is 279 g/mol. The molecule has 0 N–H and O–H groups in total. The van der Waals surface area contributed by atoms with Gasteiger partial charge in [0.15, 0.2) is 0 Å². The SMILES string of the molecule is O=C(c1cccc(OC2CC2)c1)c1sccc1Cl. The molecular formula is C14H11ClO2S. The van der Waals surface area contributed by atoms with Crippen molar-refractivity contribution in [2.75, 3.05) is 0 Å². The van der Waals surface area contributed by atoms with E-state index in [1.807, 2.05) is 17.5 Å². The van der Waals surface area contributed by atoms with Crippen molar-refractivity contribution in [3.05, 3.63) is 51.2 Å². The van der Waals surface area contributed by atoms with Crippen LogP contribution in [0.3, 0.4) is 0 Å². The van der Waals surface area contributed by atoms with E-state index in [9.17, 15) is 4.79 Å². The first kappa shape index (κ1) is 11.8. The molecule has 0 radical (unpaired) electrons. The summed E-state index contributed by atoms with van der Waals surface area (Å²) in [6.45, 7) is 0. The lowest BCUT2D eigenvalue weighted by molar-refractivity contribution is 0.104. The first-order valence-electron chi connectivity index (χ1n) is 5.78. The maximum Gasteiger partial charge on any atom is 0.204 e. The molecule has 1 fully saturated rings. The molecule has 0 amide bonds. The average Bonchev–Trinajstić information content (AvgIpc) is 3.08. The standard InChI is InChI=1S/C14H11ClO2S/c15-12-6-7-18-14(12)13(16)9-2-1-3-11(8-9)17-10-4-5-10/h1-3,6-8,10H,4-5H2.